The molecule has 1 N–H and O–H groups in total. The molecular formula is C20H24O3. The maximum Gasteiger partial charge on any atom is 0.328 e. The third kappa shape index (κ3) is 5.13. The molecule has 0 aliphatic carbocycles. The Morgan fingerprint density at radius 3 is 2.83 bits per heavy atom. The molecule has 1 aromatic rings. The predicted octanol–water partition coefficient (Wildman–Crippen LogP) is 5.00. The van der Waals surface area contributed by atoms with Crippen molar-refractivity contribution < 1.29 is 14.6 Å². The zero-order valence-electron chi connectivity index (χ0n) is 13.8. The number of benzene rings is 1. The molecule has 0 saturated heterocycles. The van der Waals surface area contributed by atoms with Crippen LogP contribution >= 0.6 is 0 Å². The van der Waals surface area contributed by atoms with Crippen LogP contribution in [-0.4, -0.2) is 17.2 Å². The second-order valence-electron chi connectivity index (χ2n) is 5.84. The van der Waals surface area contributed by atoms with Crippen molar-refractivity contribution in [2.75, 3.05) is 0 Å². The van der Waals surface area contributed by atoms with Gasteiger partial charge in [-0.3, -0.25) is 0 Å². The van der Waals surface area contributed by atoms with Crippen LogP contribution < -0.4 is 4.74 Å². The fraction of sp³-hybridized carbons (Fsp3) is 0.350. The zero-order valence-corrected chi connectivity index (χ0v) is 13.8. The molecule has 1 atom stereocenters. The lowest BCUT2D eigenvalue weighted by molar-refractivity contribution is -0.131. The van der Waals surface area contributed by atoms with Crippen molar-refractivity contribution in [1.29, 1.82) is 0 Å². The van der Waals surface area contributed by atoms with E-state index in [0.29, 0.717) is 5.57 Å². The topological polar surface area (TPSA) is 46.5 Å². The quantitative estimate of drug-likeness (QED) is 0.438. The number of fused-ring (bicyclic) bond motifs is 1. The van der Waals surface area contributed by atoms with Gasteiger partial charge in [0.05, 0.1) is 0 Å². The van der Waals surface area contributed by atoms with Gasteiger partial charge in [0.15, 0.2) is 0 Å². The minimum absolute atomic E-state index is 0.0327. The average Bonchev–Trinajstić information content (AvgIpc) is 2.52. The first-order valence-corrected chi connectivity index (χ1v) is 8.16. The molecule has 1 aliphatic rings. The summed E-state index contributed by atoms with van der Waals surface area (Å²) in [6.07, 6.45) is 11.7. The van der Waals surface area contributed by atoms with Gasteiger partial charge in [0, 0.05) is 11.6 Å². The van der Waals surface area contributed by atoms with Crippen molar-refractivity contribution >= 4 is 12.0 Å². The number of carboxylic acids is 1. The van der Waals surface area contributed by atoms with Gasteiger partial charge in [-0.15, -0.1) is 0 Å². The van der Waals surface area contributed by atoms with Gasteiger partial charge in [-0.1, -0.05) is 50.1 Å². The Balaban J connectivity index is 2.21. The Kier molecular flexibility index (Phi) is 6.21. The number of carbonyl (C=O) groups is 1. The van der Waals surface area contributed by atoms with Crippen LogP contribution in [0.25, 0.3) is 6.08 Å². The molecule has 3 nitrogen and oxygen atoms in total. The lowest BCUT2D eigenvalue weighted by atomic mass is 9.96. The Morgan fingerprint density at radius 1 is 1.30 bits per heavy atom. The van der Waals surface area contributed by atoms with E-state index in [-0.39, 0.29) is 6.10 Å². The molecule has 0 amide bonds. The molecule has 122 valence electrons. The van der Waals surface area contributed by atoms with Crippen molar-refractivity contribution in [2.24, 2.45) is 0 Å². The van der Waals surface area contributed by atoms with Crippen molar-refractivity contribution in [3.8, 4) is 5.75 Å². The molecule has 0 aromatic heterocycles. The van der Waals surface area contributed by atoms with Crippen molar-refractivity contribution in [1.82, 2.24) is 0 Å². The highest BCUT2D eigenvalue weighted by molar-refractivity contribution is 5.81. The van der Waals surface area contributed by atoms with E-state index in [1.165, 1.54) is 18.9 Å². The van der Waals surface area contributed by atoms with Crippen LogP contribution in [0.5, 0.6) is 5.75 Å². The fourth-order valence-corrected chi connectivity index (χ4v) is 2.63. The largest absolute Gasteiger partial charge is 0.485 e. The number of carboxylic acid groups (broad SMARTS) is 1. The van der Waals surface area contributed by atoms with Gasteiger partial charge in [0.2, 0.25) is 0 Å². The summed E-state index contributed by atoms with van der Waals surface area (Å²) in [6, 6.07) is 8.00. The van der Waals surface area contributed by atoms with E-state index in [0.717, 1.165) is 29.7 Å². The summed E-state index contributed by atoms with van der Waals surface area (Å²) in [7, 11) is 0. The van der Waals surface area contributed by atoms with Gasteiger partial charge >= 0.3 is 5.97 Å². The molecule has 1 aromatic carbocycles. The average molecular weight is 312 g/mol. The predicted molar refractivity (Wildman–Crippen MR) is 93.5 cm³/mol. The van der Waals surface area contributed by atoms with E-state index >= 15 is 0 Å². The van der Waals surface area contributed by atoms with Crippen molar-refractivity contribution in [3.63, 3.8) is 0 Å². The van der Waals surface area contributed by atoms with Crippen LogP contribution in [0.2, 0.25) is 0 Å². The first-order valence-electron chi connectivity index (χ1n) is 8.16. The molecule has 23 heavy (non-hydrogen) atoms. The zero-order chi connectivity index (χ0) is 16.7. The number of hydrogen-bond donors (Lipinski definition) is 1. The van der Waals surface area contributed by atoms with Crippen molar-refractivity contribution in [3.05, 3.63) is 59.2 Å². The number of aliphatic carboxylic acids is 1. The third-order valence-corrected chi connectivity index (χ3v) is 3.84. The van der Waals surface area contributed by atoms with Gasteiger partial charge in [-0.05, 0) is 43.1 Å². The highest BCUT2D eigenvalue weighted by Gasteiger charge is 2.20. The first-order chi connectivity index (χ1) is 11.1. The van der Waals surface area contributed by atoms with Crippen LogP contribution in [0.4, 0.5) is 0 Å². The SMILES string of the molecule is CCCCCC1Oc2ccccc2C=C1C=CC(C)=CC(=O)O. The first kappa shape index (κ1) is 17.1. The van der Waals surface area contributed by atoms with Gasteiger partial charge in [-0.25, -0.2) is 4.79 Å². The molecule has 3 heteroatoms. The van der Waals surface area contributed by atoms with Crippen LogP contribution in [-0.2, 0) is 4.79 Å². The standard InChI is InChI=1S/C20H24O3/c1-3-4-5-9-19-17(12-11-15(2)13-20(21)22)14-16-8-6-7-10-18(16)23-19/h6-8,10-14,19H,3-5,9H2,1-2H3,(H,21,22). The minimum Gasteiger partial charge on any atom is -0.485 e. The van der Waals surface area contributed by atoms with Gasteiger partial charge in [-0.2, -0.15) is 0 Å². The van der Waals surface area contributed by atoms with Crippen LogP contribution in [0, 0.1) is 0 Å². The molecule has 1 unspecified atom stereocenters. The molecule has 1 heterocycles. The normalized spacial score (nSPS) is 17.6. The number of rotatable bonds is 7. The maximum atomic E-state index is 10.7. The van der Waals surface area contributed by atoms with E-state index in [9.17, 15) is 4.79 Å². The summed E-state index contributed by atoms with van der Waals surface area (Å²) >= 11 is 0. The Hall–Kier alpha value is -2.29. The van der Waals surface area contributed by atoms with E-state index < -0.39 is 5.97 Å². The van der Waals surface area contributed by atoms with Gasteiger partial charge in [0.1, 0.15) is 11.9 Å². The number of hydrogen-bond acceptors (Lipinski definition) is 2. The fourth-order valence-electron chi connectivity index (χ4n) is 2.63. The highest BCUT2D eigenvalue weighted by Crippen LogP contribution is 2.32. The molecule has 0 spiro atoms. The monoisotopic (exact) mass is 312 g/mol. The van der Waals surface area contributed by atoms with Crippen LogP contribution in [0.1, 0.15) is 45.1 Å². The smallest absolute Gasteiger partial charge is 0.328 e. The molecule has 0 fully saturated rings. The summed E-state index contributed by atoms with van der Waals surface area (Å²) in [6.45, 7) is 3.97. The van der Waals surface area contributed by atoms with Gasteiger partial charge in [0.25, 0.3) is 0 Å². The second-order valence-corrected chi connectivity index (χ2v) is 5.84. The molecule has 1 aliphatic heterocycles. The number of para-hydroxylation sites is 1. The Bertz CT molecular complexity index is 638. The van der Waals surface area contributed by atoms with E-state index in [1.54, 1.807) is 6.92 Å². The lowest BCUT2D eigenvalue weighted by Crippen LogP contribution is -2.21. The molecular weight excluding hydrogens is 288 g/mol. The summed E-state index contributed by atoms with van der Waals surface area (Å²) < 4.78 is 6.15. The minimum atomic E-state index is -0.925. The molecule has 2 rings (SSSR count). The van der Waals surface area contributed by atoms with Crippen molar-refractivity contribution in [2.45, 2.75) is 45.6 Å². The van der Waals surface area contributed by atoms with Crippen LogP contribution in [0.15, 0.2) is 53.6 Å². The van der Waals surface area contributed by atoms with Crippen LogP contribution in [0.3, 0.4) is 0 Å². The number of allylic oxidation sites excluding steroid dienone is 2. The highest BCUT2D eigenvalue weighted by atomic mass is 16.5. The molecule has 0 radical (unpaired) electrons. The van der Waals surface area contributed by atoms with E-state index in [1.807, 2.05) is 36.4 Å². The van der Waals surface area contributed by atoms with E-state index in [2.05, 4.69) is 13.0 Å². The van der Waals surface area contributed by atoms with E-state index in [4.69, 9.17) is 9.84 Å². The summed E-state index contributed by atoms with van der Waals surface area (Å²) in [5.41, 5.74) is 2.88. The number of unbranched alkanes of at least 4 members (excludes halogenated alkanes) is 2. The Morgan fingerprint density at radius 2 is 2.09 bits per heavy atom. The lowest BCUT2D eigenvalue weighted by Gasteiger charge is -2.26. The summed E-state index contributed by atoms with van der Waals surface area (Å²) in [4.78, 5) is 10.7. The molecule has 0 bridgehead atoms. The molecule has 0 saturated carbocycles. The second kappa shape index (κ2) is 8.37. The summed E-state index contributed by atoms with van der Waals surface area (Å²) in [5, 5.41) is 8.80. The number of ether oxygens (including phenoxy) is 1. The van der Waals surface area contributed by atoms with Gasteiger partial charge < -0.3 is 9.84 Å². The summed E-state index contributed by atoms with van der Waals surface area (Å²) in [5.74, 6) is -0.00480. The Labute approximate surface area is 138 Å². The maximum absolute atomic E-state index is 10.7. The third-order valence-electron chi connectivity index (χ3n) is 3.84.